The van der Waals surface area contributed by atoms with Crippen molar-refractivity contribution in [3.63, 3.8) is 0 Å². The number of pyridine rings is 1. The fourth-order valence-corrected chi connectivity index (χ4v) is 2.18. The van der Waals surface area contributed by atoms with Crippen LogP contribution in [0, 0.1) is 5.92 Å². The van der Waals surface area contributed by atoms with Gasteiger partial charge in [0.05, 0.1) is 11.9 Å². The van der Waals surface area contributed by atoms with Crippen LogP contribution in [0.3, 0.4) is 0 Å². The molecule has 0 saturated carbocycles. The number of nitrogens with one attached hydrogen (secondary N) is 1. The highest BCUT2D eigenvalue weighted by atomic mass is 15.2. The van der Waals surface area contributed by atoms with Gasteiger partial charge in [0, 0.05) is 38.9 Å². The monoisotopic (exact) mass is 287 g/mol. The Balaban J connectivity index is 1.95. The number of nitrogens with zero attached hydrogens (tertiary/aromatic N) is 4. The van der Waals surface area contributed by atoms with Crippen LogP contribution in [0.4, 0.5) is 5.82 Å². The number of anilines is 1. The largest absolute Gasteiger partial charge is 0.355 e. The van der Waals surface area contributed by atoms with Gasteiger partial charge in [0.1, 0.15) is 5.82 Å². The average molecular weight is 287 g/mol. The third kappa shape index (κ3) is 4.86. The van der Waals surface area contributed by atoms with E-state index in [1.54, 1.807) is 0 Å². The van der Waals surface area contributed by atoms with Gasteiger partial charge in [-0.2, -0.15) is 5.10 Å². The molecule has 21 heavy (non-hydrogen) atoms. The van der Waals surface area contributed by atoms with Gasteiger partial charge in [-0.15, -0.1) is 0 Å². The highest BCUT2D eigenvalue weighted by molar-refractivity contribution is 5.39. The van der Waals surface area contributed by atoms with E-state index in [9.17, 15) is 0 Å². The maximum atomic E-state index is 4.71. The molecule has 0 bridgehead atoms. The first kappa shape index (κ1) is 15.5. The summed E-state index contributed by atoms with van der Waals surface area (Å²) in [5.74, 6) is 1.64. The highest BCUT2D eigenvalue weighted by Crippen LogP contribution is 2.13. The van der Waals surface area contributed by atoms with Crippen molar-refractivity contribution in [3.8, 4) is 0 Å². The van der Waals surface area contributed by atoms with Crippen LogP contribution < -0.4 is 10.2 Å². The van der Waals surface area contributed by atoms with Gasteiger partial charge >= 0.3 is 0 Å². The summed E-state index contributed by atoms with van der Waals surface area (Å²) in [4.78, 5) is 6.85. The third-order valence-electron chi connectivity index (χ3n) is 3.22. The molecule has 2 heterocycles. The van der Waals surface area contributed by atoms with Gasteiger partial charge in [-0.1, -0.05) is 19.9 Å². The molecule has 2 aromatic rings. The highest BCUT2D eigenvalue weighted by Gasteiger charge is 2.06. The molecule has 1 N–H and O–H groups in total. The average Bonchev–Trinajstić information content (AvgIpc) is 2.84. The van der Waals surface area contributed by atoms with E-state index in [1.807, 2.05) is 30.2 Å². The summed E-state index contributed by atoms with van der Waals surface area (Å²) >= 11 is 0. The number of aromatic nitrogens is 3. The van der Waals surface area contributed by atoms with Crippen molar-refractivity contribution in [2.24, 2.45) is 13.0 Å². The molecule has 0 fully saturated rings. The Morgan fingerprint density at radius 1 is 1.33 bits per heavy atom. The summed E-state index contributed by atoms with van der Waals surface area (Å²) in [5.41, 5.74) is 2.26. The summed E-state index contributed by atoms with van der Waals surface area (Å²) in [7, 11) is 3.99. The Hall–Kier alpha value is -1.88. The molecule has 5 heteroatoms. The number of hydrogen-bond acceptors (Lipinski definition) is 4. The molecule has 0 aromatic carbocycles. The second-order valence-corrected chi connectivity index (χ2v) is 5.89. The fourth-order valence-electron chi connectivity index (χ4n) is 2.18. The lowest BCUT2D eigenvalue weighted by atomic mass is 10.2. The van der Waals surface area contributed by atoms with Crippen LogP contribution in [0.1, 0.15) is 25.1 Å². The molecule has 2 rings (SSSR count). The molecule has 0 amide bonds. The van der Waals surface area contributed by atoms with E-state index in [2.05, 4.69) is 48.3 Å². The van der Waals surface area contributed by atoms with Gasteiger partial charge < -0.3 is 10.2 Å². The van der Waals surface area contributed by atoms with Crippen LogP contribution in [0.5, 0.6) is 0 Å². The first-order valence-corrected chi connectivity index (χ1v) is 7.40. The van der Waals surface area contributed by atoms with Crippen LogP contribution in [-0.4, -0.2) is 28.4 Å². The first-order valence-electron chi connectivity index (χ1n) is 7.40. The number of aryl methyl sites for hydroxylation is 1. The topological polar surface area (TPSA) is 46.0 Å². The van der Waals surface area contributed by atoms with Gasteiger partial charge in [-0.05, 0) is 24.6 Å². The van der Waals surface area contributed by atoms with Crippen molar-refractivity contribution in [1.29, 1.82) is 0 Å². The standard InChI is InChI=1S/C16H25N5/c1-13(2)8-17-10-15-6-5-7-16(19-15)20(3)11-14-9-18-21(4)12-14/h5-7,9,12-13,17H,8,10-11H2,1-4H3. The van der Waals surface area contributed by atoms with E-state index in [0.717, 1.165) is 31.1 Å². The normalized spacial score (nSPS) is 11.1. The first-order chi connectivity index (χ1) is 10.0. The maximum absolute atomic E-state index is 4.71. The third-order valence-corrected chi connectivity index (χ3v) is 3.22. The SMILES string of the molecule is CC(C)CNCc1cccc(N(C)Cc2cnn(C)c2)n1. The zero-order valence-electron chi connectivity index (χ0n) is 13.4. The van der Waals surface area contributed by atoms with Gasteiger partial charge in [0.25, 0.3) is 0 Å². The van der Waals surface area contributed by atoms with Gasteiger partial charge in [0.2, 0.25) is 0 Å². The van der Waals surface area contributed by atoms with Crippen molar-refractivity contribution in [1.82, 2.24) is 20.1 Å². The minimum atomic E-state index is 0.654. The predicted molar refractivity (Wildman–Crippen MR) is 86.1 cm³/mol. The molecular weight excluding hydrogens is 262 g/mol. The quantitative estimate of drug-likeness (QED) is 0.848. The summed E-state index contributed by atoms with van der Waals surface area (Å²) in [6.07, 6.45) is 3.93. The summed E-state index contributed by atoms with van der Waals surface area (Å²) < 4.78 is 1.82. The van der Waals surface area contributed by atoms with Gasteiger partial charge in [-0.3, -0.25) is 4.68 Å². The Morgan fingerprint density at radius 3 is 2.81 bits per heavy atom. The molecule has 0 atom stereocenters. The molecular formula is C16H25N5. The van der Waals surface area contributed by atoms with E-state index in [1.165, 1.54) is 5.56 Å². The van der Waals surface area contributed by atoms with Crippen LogP contribution >= 0.6 is 0 Å². The second-order valence-electron chi connectivity index (χ2n) is 5.89. The zero-order valence-corrected chi connectivity index (χ0v) is 13.4. The molecule has 0 aliphatic heterocycles. The lowest BCUT2D eigenvalue weighted by Gasteiger charge is -2.18. The van der Waals surface area contributed by atoms with Crippen LogP contribution in [0.15, 0.2) is 30.6 Å². The molecule has 114 valence electrons. The number of hydrogen-bond donors (Lipinski definition) is 1. The summed E-state index contributed by atoms with van der Waals surface area (Å²) in [5, 5.41) is 7.62. The number of rotatable bonds is 7. The van der Waals surface area contributed by atoms with Crippen molar-refractivity contribution in [2.75, 3.05) is 18.5 Å². The molecule has 0 spiro atoms. The lowest BCUT2D eigenvalue weighted by Crippen LogP contribution is -2.21. The van der Waals surface area contributed by atoms with Crippen molar-refractivity contribution >= 4 is 5.82 Å². The molecule has 0 saturated heterocycles. The van der Waals surface area contributed by atoms with E-state index < -0.39 is 0 Å². The molecule has 0 aliphatic rings. The Morgan fingerprint density at radius 2 is 2.14 bits per heavy atom. The van der Waals surface area contributed by atoms with E-state index in [0.29, 0.717) is 5.92 Å². The summed E-state index contributed by atoms with van der Waals surface area (Å²) in [6, 6.07) is 6.17. The Labute approximate surface area is 127 Å². The minimum absolute atomic E-state index is 0.654. The van der Waals surface area contributed by atoms with Gasteiger partial charge in [-0.25, -0.2) is 4.98 Å². The molecule has 2 aromatic heterocycles. The summed E-state index contributed by atoms with van der Waals surface area (Å²) in [6.45, 7) is 7.05. The molecule has 5 nitrogen and oxygen atoms in total. The van der Waals surface area contributed by atoms with Crippen molar-refractivity contribution in [2.45, 2.75) is 26.9 Å². The predicted octanol–water partition coefficient (Wildman–Crippen LogP) is 2.20. The maximum Gasteiger partial charge on any atom is 0.128 e. The molecule has 0 unspecified atom stereocenters. The fraction of sp³-hybridized carbons (Fsp3) is 0.500. The second kappa shape index (κ2) is 7.22. The van der Waals surface area contributed by atoms with Crippen LogP contribution in [0.25, 0.3) is 0 Å². The van der Waals surface area contributed by atoms with E-state index >= 15 is 0 Å². The van der Waals surface area contributed by atoms with Crippen LogP contribution in [0.2, 0.25) is 0 Å². The van der Waals surface area contributed by atoms with E-state index in [-0.39, 0.29) is 0 Å². The van der Waals surface area contributed by atoms with Crippen molar-refractivity contribution in [3.05, 3.63) is 41.9 Å². The van der Waals surface area contributed by atoms with Gasteiger partial charge in [0.15, 0.2) is 0 Å². The lowest BCUT2D eigenvalue weighted by molar-refractivity contribution is 0.548. The van der Waals surface area contributed by atoms with E-state index in [4.69, 9.17) is 4.98 Å². The smallest absolute Gasteiger partial charge is 0.128 e. The molecule has 0 radical (unpaired) electrons. The van der Waals surface area contributed by atoms with Crippen molar-refractivity contribution < 1.29 is 0 Å². The minimum Gasteiger partial charge on any atom is -0.355 e. The Kier molecular flexibility index (Phi) is 5.33. The Bertz CT molecular complexity index is 561. The molecule has 0 aliphatic carbocycles. The van der Waals surface area contributed by atoms with Crippen LogP contribution in [-0.2, 0) is 20.1 Å². The zero-order chi connectivity index (χ0) is 15.2.